The number of benzene rings is 2. The molecule has 1 fully saturated rings. The second kappa shape index (κ2) is 6.55. The molecule has 2 aliphatic rings. The Kier molecular flexibility index (Phi) is 4.02. The molecule has 4 aromatic rings. The van der Waals surface area contributed by atoms with E-state index in [2.05, 4.69) is 62.8 Å². The molecule has 2 nitrogen and oxygen atoms in total. The SMILES string of the molecule is Cc1cc2c3c(c(C)c(C)cc3c1)-c1c(c3sc(CC4CCCC4)cc3c[n+]1C)O2. The molecule has 0 bridgehead atoms. The van der Waals surface area contributed by atoms with Crippen molar-refractivity contribution >= 4 is 32.2 Å². The topological polar surface area (TPSA) is 13.1 Å². The zero-order valence-electron chi connectivity index (χ0n) is 18.3. The first-order valence-corrected chi connectivity index (χ1v) is 12.0. The van der Waals surface area contributed by atoms with Crippen LogP contribution in [0, 0.1) is 26.7 Å². The Balaban J connectivity index is 1.62. The number of thiophene rings is 1. The zero-order chi connectivity index (χ0) is 20.6. The lowest BCUT2D eigenvalue weighted by Gasteiger charge is -2.22. The van der Waals surface area contributed by atoms with Gasteiger partial charge in [0.25, 0.3) is 5.69 Å². The minimum Gasteiger partial charge on any atom is -0.448 e. The van der Waals surface area contributed by atoms with E-state index >= 15 is 0 Å². The van der Waals surface area contributed by atoms with Gasteiger partial charge in [0.05, 0.1) is 15.6 Å². The van der Waals surface area contributed by atoms with Gasteiger partial charge in [-0.15, -0.1) is 11.3 Å². The Hall–Kier alpha value is -2.39. The van der Waals surface area contributed by atoms with Gasteiger partial charge in [0.2, 0.25) is 5.75 Å². The van der Waals surface area contributed by atoms with E-state index in [1.807, 2.05) is 11.3 Å². The summed E-state index contributed by atoms with van der Waals surface area (Å²) in [5, 5.41) is 3.85. The van der Waals surface area contributed by atoms with Crippen molar-refractivity contribution in [3.63, 3.8) is 0 Å². The van der Waals surface area contributed by atoms with Gasteiger partial charge in [-0.3, -0.25) is 0 Å². The molecule has 0 unspecified atom stereocenters. The molecule has 0 amide bonds. The minimum absolute atomic E-state index is 0.866. The van der Waals surface area contributed by atoms with Crippen LogP contribution in [0.25, 0.3) is 32.1 Å². The summed E-state index contributed by atoms with van der Waals surface area (Å²) in [6.07, 6.45) is 9.12. The monoisotopic (exact) mass is 414 g/mol. The first kappa shape index (κ1) is 18.4. The number of rotatable bonds is 2. The van der Waals surface area contributed by atoms with E-state index < -0.39 is 0 Å². The molecular weight excluding hydrogens is 386 g/mol. The summed E-state index contributed by atoms with van der Waals surface area (Å²) in [6.45, 7) is 6.65. The Morgan fingerprint density at radius 3 is 2.63 bits per heavy atom. The molecule has 152 valence electrons. The summed E-state index contributed by atoms with van der Waals surface area (Å²) in [6, 6.07) is 9.21. The fraction of sp³-hybridized carbons (Fsp3) is 0.370. The summed E-state index contributed by atoms with van der Waals surface area (Å²) in [7, 11) is 2.17. The smallest absolute Gasteiger partial charge is 0.257 e. The van der Waals surface area contributed by atoms with Gasteiger partial charge in [0, 0.05) is 10.3 Å². The van der Waals surface area contributed by atoms with Crippen LogP contribution in [0.2, 0.25) is 0 Å². The highest BCUT2D eigenvalue weighted by Gasteiger charge is 2.33. The van der Waals surface area contributed by atoms with Gasteiger partial charge >= 0.3 is 0 Å². The third-order valence-corrected chi connectivity index (χ3v) is 8.37. The molecule has 3 heterocycles. The van der Waals surface area contributed by atoms with Crippen molar-refractivity contribution in [3.8, 4) is 22.8 Å². The van der Waals surface area contributed by atoms with Gasteiger partial charge in [0.15, 0.2) is 6.20 Å². The second-order valence-electron chi connectivity index (χ2n) is 9.43. The number of aromatic nitrogens is 1. The summed E-state index contributed by atoms with van der Waals surface area (Å²) < 4.78 is 10.3. The highest BCUT2D eigenvalue weighted by atomic mass is 32.1. The third-order valence-electron chi connectivity index (χ3n) is 7.20. The molecule has 0 saturated heterocycles. The number of pyridine rings is 1. The maximum Gasteiger partial charge on any atom is 0.257 e. The average molecular weight is 415 g/mol. The summed E-state index contributed by atoms with van der Waals surface area (Å²) >= 11 is 1.95. The van der Waals surface area contributed by atoms with Crippen molar-refractivity contribution in [1.29, 1.82) is 0 Å². The van der Waals surface area contributed by atoms with Crippen molar-refractivity contribution in [2.45, 2.75) is 52.9 Å². The molecule has 3 heteroatoms. The highest BCUT2D eigenvalue weighted by molar-refractivity contribution is 7.19. The fourth-order valence-electron chi connectivity index (χ4n) is 5.63. The quantitative estimate of drug-likeness (QED) is 0.276. The summed E-state index contributed by atoms with van der Waals surface area (Å²) in [5.41, 5.74) is 6.51. The van der Waals surface area contributed by atoms with E-state index in [0.29, 0.717) is 0 Å². The molecule has 2 aromatic carbocycles. The van der Waals surface area contributed by atoms with Crippen LogP contribution in [0.5, 0.6) is 11.5 Å². The lowest BCUT2D eigenvalue weighted by Crippen LogP contribution is -2.32. The molecule has 1 saturated carbocycles. The van der Waals surface area contributed by atoms with Crippen molar-refractivity contribution in [2.24, 2.45) is 13.0 Å². The van der Waals surface area contributed by atoms with E-state index in [4.69, 9.17) is 4.74 Å². The van der Waals surface area contributed by atoms with Gasteiger partial charge in [-0.05, 0) is 67.3 Å². The predicted molar refractivity (Wildman–Crippen MR) is 126 cm³/mol. The first-order valence-electron chi connectivity index (χ1n) is 11.2. The lowest BCUT2D eigenvalue weighted by molar-refractivity contribution is -0.659. The number of nitrogens with zero attached hydrogens (tertiary/aromatic N) is 1. The molecule has 0 N–H and O–H groups in total. The maximum absolute atomic E-state index is 6.69. The molecule has 1 aliphatic heterocycles. The zero-order valence-corrected chi connectivity index (χ0v) is 19.1. The van der Waals surface area contributed by atoms with Crippen LogP contribution in [0.3, 0.4) is 0 Å². The molecule has 30 heavy (non-hydrogen) atoms. The first-order chi connectivity index (χ1) is 14.5. The largest absolute Gasteiger partial charge is 0.448 e. The van der Waals surface area contributed by atoms with E-state index in [-0.39, 0.29) is 0 Å². The third kappa shape index (κ3) is 2.64. The lowest BCUT2D eigenvalue weighted by atomic mass is 9.90. The summed E-state index contributed by atoms with van der Waals surface area (Å²) in [4.78, 5) is 1.51. The molecule has 6 rings (SSSR count). The Morgan fingerprint density at radius 1 is 1.03 bits per heavy atom. The van der Waals surface area contributed by atoms with E-state index in [0.717, 1.165) is 17.4 Å². The van der Waals surface area contributed by atoms with Crippen LogP contribution in [0.4, 0.5) is 0 Å². The van der Waals surface area contributed by atoms with Crippen LogP contribution in [0.1, 0.15) is 47.3 Å². The highest BCUT2D eigenvalue weighted by Crippen LogP contribution is 2.51. The van der Waals surface area contributed by atoms with Crippen molar-refractivity contribution < 1.29 is 9.30 Å². The number of ether oxygens (including phenoxy) is 1. The van der Waals surface area contributed by atoms with Crippen LogP contribution in [0.15, 0.2) is 30.5 Å². The van der Waals surface area contributed by atoms with Gasteiger partial charge in [-0.1, -0.05) is 37.8 Å². The standard InChI is InChI=1S/C27H28NOS/c1-15-9-19-11-16(2)17(3)23-24(19)22(10-15)29-26-25(23)28(4)14-20-13-21(30-27(20)26)12-18-7-5-6-8-18/h9-11,13-14,18H,5-8,12H2,1-4H3/q+1. The van der Waals surface area contributed by atoms with E-state index in [9.17, 15) is 0 Å². The van der Waals surface area contributed by atoms with E-state index in [1.54, 1.807) is 0 Å². The number of hydrogen-bond donors (Lipinski definition) is 0. The van der Waals surface area contributed by atoms with Crippen molar-refractivity contribution in [2.75, 3.05) is 0 Å². The summed E-state index contributed by atoms with van der Waals surface area (Å²) in [5.74, 6) is 2.92. The Bertz CT molecular complexity index is 1340. The van der Waals surface area contributed by atoms with Gasteiger partial charge in [-0.2, -0.15) is 4.57 Å². The van der Waals surface area contributed by atoms with Crippen LogP contribution < -0.4 is 9.30 Å². The molecule has 2 aromatic heterocycles. The Morgan fingerprint density at radius 2 is 1.83 bits per heavy atom. The van der Waals surface area contributed by atoms with Crippen LogP contribution in [-0.4, -0.2) is 0 Å². The van der Waals surface area contributed by atoms with Gasteiger partial charge in [0.1, 0.15) is 12.8 Å². The van der Waals surface area contributed by atoms with Gasteiger partial charge in [-0.25, -0.2) is 0 Å². The van der Waals surface area contributed by atoms with Gasteiger partial charge < -0.3 is 4.74 Å². The van der Waals surface area contributed by atoms with Crippen molar-refractivity contribution in [3.05, 3.63) is 52.0 Å². The number of hydrogen-bond acceptors (Lipinski definition) is 2. The van der Waals surface area contributed by atoms with E-state index in [1.165, 1.54) is 85.8 Å². The predicted octanol–water partition coefficient (Wildman–Crippen LogP) is 7.31. The molecule has 0 atom stereocenters. The fourth-order valence-corrected chi connectivity index (χ4v) is 6.86. The number of fused-ring (bicyclic) bond motifs is 4. The number of aryl methyl sites for hydroxylation is 3. The molecule has 1 aliphatic carbocycles. The molecular formula is C27H28NOS+. The van der Waals surface area contributed by atoms with Crippen LogP contribution in [-0.2, 0) is 13.5 Å². The maximum atomic E-state index is 6.69. The second-order valence-corrected chi connectivity index (χ2v) is 10.6. The van der Waals surface area contributed by atoms with Crippen LogP contribution >= 0.6 is 11.3 Å². The Labute approximate surface area is 182 Å². The average Bonchev–Trinajstić information content (AvgIpc) is 3.34. The molecule has 0 spiro atoms. The minimum atomic E-state index is 0.866. The normalized spacial score (nSPS) is 15.7. The molecule has 0 radical (unpaired) electrons. The van der Waals surface area contributed by atoms with Crippen molar-refractivity contribution in [1.82, 2.24) is 0 Å².